The van der Waals surface area contributed by atoms with Gasteiger partial charge in [0.2, 0.25) is 11.8 Å². The molecular weight excluding hydrogens is 384 g/mol. The van der Waals surface area contributed by atoms with Crippen LogP contribution in [0.2, 0.25) is 0 Å². The van der Waals surface area contributed by atoms with Crippen molar-refractivity contribution < 1.29 is 24.2 Å². The van der Waals surface area contributed by atoms with E-state index in [9.17, 15) is 20.0 Å². The van der Waals surface area contributed by atoms with E-state index in [4.69, 9.17) is 9.47 Å². The first kappa shape index (κ1) is 19.2. The molecule has 0 spiro atoms. The number of anilines is 1. The number of aliphatic hydroxyl groups is 1. The van der Waals surface area contributed by atoms with Crippen LogP contribution in [0.25, 0.3) is 10.8 Å². The van der Waals surface area contributed by atoms with E-state index >= 15 is 0 Å². The minimum atomic E-state index is -0.932. The van der Waals surface area contributed by atoms with Gasteiger partial charge in [-0.15, -0.1) is 0 Å². The number of carbonyl (C=O) groups excluding carboxylic acids is 2. The Morgan fingerprint density at radius 2 is 1.90 bits per heavy atom. The number of rotatable bonds is 4. The maximum absolute atomic E-state index is 13.6. The van der Waals surface area contributed by atoms with Crippen molar-refractivity contribution in [1.29, 1.82) is 5.26 Å². The van der Waals surface area contributed by atoms with Crippen LogP contribution in [0.1, 0.15) is 25.3 Å². The van der Waals surface area contributed by atoms with Gasteiger partial charge in [0.05, 0.1) is 40.9 Å². The second-order valence-corrected chi connectivity index (χ2v) is 8.51. The number of fused-ring (bicyclic) bond motifs is 6. The number of benzene rings is 2. The van der Waals surface area contributed by atoms with Gasteiger partial charge in [0.25, 0.3) is 0 Å². The van der Waals surface area contributed by atoms with Gasteiger partial charge in [-0.25, -0.2) is 4.90 Å². The molecule has 154 valence electrons. The molecule has 0 radical (unpaired) electrons. The number of nitrogens with zero attached hydrogens (tertiary/aromatic N) is 2. The number of hydrogen-bond acceptors (Lipinski definition) is 6. The number of imide groups is 1. The van der Waals surface area contributed by atoms with E-state index in [0.29, 0.717) is 28.4 Å². The molecule has 2 bridgehead atoms. The van der Waals surface area contributed by atoms with Gasteiger partial charge in [0.15, 0.2) is 0 Å². The molecule has 3 aliphatic heterocycles. The monoisotopic (exact) mass is 406 g/mol. The highest BCUT2D eigenvalue weighted by molar-refractivity contribution is 6.26. The first-order chi connectivity index (χ1) is 14.4. The van der Waals surface area contributed by atoms with Gasteiger partial charge in [-0.2, -0.15) is 5.26 Å². The van der Waals surface area contributed by atoms with E-state index in [1.807, 2.05) is 31.2 Å². The molecule has 5 atom stereocenters. The van der Waals surface area contributed by atoms with Crippen LogP contribution in [-0.2, 0) is 19.1 Å². The fraction of sp³-hybridized carbons (Fsp3) is 0.435. The Bertz CT molecular complexity index is 1110. The van der Waals surface area contributed by atoms with E-state index in [2.05, 4.69) is 6.07 Å². The summed E-state index contributed by atoms with van der Waals surface area (Å²) < 4.78 is 11.9. The molecule has 0 saturated carbocycles. The number of aliphatic hydroxyl groups excluding tert-OH is 1. The van der Waals surface area contributed by atoms with Crippen LogP contribution < -0.4 is 4.90 Å². The second kappa shape index (κ2) is 6.35. The van der Waals surface area contributed by atoms with Crippen LogP contribution in [0.15, 0.2) is 36.4 Å². The normalized spacial score (nSPS) is 34.6. The second-order valence-electron chi connectivity index (χ2n) is 8.51. The summed E-state index contributed by atoms with van der Waals surface area (Å²) in [4.78, 5) is 28.5. The van der Waals surface area contributed by atoms with Crippen molar-refractivity contribution >= 4 is 28.3 Å². The number of ether oxygens (including phenoxy) is 2. The van der Waals surface area contributed by atoms with E-state index in [0.717, 1.165) is 0 Å². The molecule has 30 heavy (non-hydrogen) atoms. The zero-order valence-corrected chi connectivity index (χ0v) is 16.8. The summed E-state index contributed by atoms with van der Waals surface area (Å²) in [6.07, 6.45) is 0.396. The Labute approximate surface area is 173 Å². The topological polar surface area (TPSA) is 99.9 Å². The molecule has 0 aliphatic carbocycles. The number of amides is 2. The lowest BCUT2D eigenvalue weighted by atomic mass is 9.66. The maximum Gasteiger partial charge on any atom is 0.240 e. The van der Waals surface area contributed by atoms with Crippen molar-refractivity contribution in [2.75, 3.05) is 18.6 Å². The van der Waals surface area contributed by atoms with Gasteiger partial charge in [-0.1, -0.05) is 24.3 Å². The van der Waals surface area contributed by atoms with Crippen LogP contribution in [0.4, 0.5) is 5.69 Å². The molecule has 7 nitrogen and oxygen atoms in total. The molecule has 3 fully saturated rings. The SMILES string of the molecule is CO[C@H]1CC2(CCO)OC1(C)[C@H]1C(=O)N(c3ccc(C#N)c4ccccc34)C(=O)[C@@H]12. The van der Waals surface area contributed by atoms with Crippen LogP contribution in [0.3, 0.4) is 0 Å². The van der Waals surface area contributed by atoms with Gasteiger partial charge in [-0.05, 0) is 19.1 Å². The van der Waals surface area contributed by atoms with Crippen LogP contribution in [0, 0.1) is 23.2 Å². The molecule has 1 N–H and O–H groups in total. The molecule has 2 aromatic carbocycles. The smallest absolute Gasteiger partial charge is 0.240 e. The van der Waals surface area contributed by atoms with E-state index in [1.165, 1.54) is 4.90 Å². The molecule has 5 rings (SSSR count). The molecule has 2 unspecified atom stereocenters. The van der Waals surface area contributed by atoms with Crippen LogP contribution in [0.5, 0.6) is 0 Å². The summed E-state index contributed by atoms with van der Waals surface area (Å²) in [6.45, 7) is 1.69. The molecular formula is C23H22N2O5. The summed E-state index contributed by atoms with van der Waals surface area (Å²) >= 11 is 0. The number of carbonyl (C=O) groups is 2. The number of methoxy groups -OCH3 is 1. The predicted molar refractivity (Wildman–Crippen MR) is 107 cm³/mol. The Balaban J connectivity index is 1.67. The standard InChI is InChI=1S/C23H22N2O5/c1-22-17(29-2)11-23(30-22,9-10-26)19-18(22)20(27)25(21(19)28)16-8-7-13(12-24)14-5-3-4-6-15(14)16/h3-8,17-19,26H,9-11H2,1-2H3/t17-,18+,19+,22?,23?/m0/s1. The third kappa shape index (κ3) is 2.19. The van der Waals surface area contributed by atoms with Gasteiger partial charge >= 0.3 is 0 Å². The first-order valence-electron chi connectivity index (χ1n) is 10.1. The van der Waals surface area contributed by atoms with E-state index in [1.54, 1.807) is 19.2 Å². The maximum atomic E-state index is 13.6. The van der Waals surface area contributed by atoms with Crippen molar-refractivity contribution in [1.82, 2.24) is 0 Å². The third-order valence-corrected chi connectivity index (χ3v) is 7.17. The Hall–Kier alpha value is -2.79. The van der Waals surface area contributed by atoms with Crippen molar-refractivity contribution in [2.24, 2.45) is 11.8 Å². The van der Waals surface area contributed by atoms with Crippen molar-refractivity contribution in [2.45, 2.75) is 37.1 Å². The fourth-order valence-corrected chi connectivity index (χ4v) is 5.92. The van der Waals surface area contributed by atoms with Crippen molar-refractivity contribution in [3.8, 4) is 6.07 Å². The lowest BCUT2D eigenvalue weighted by Gasteiger charge is -2.35. The van der Waals surface area contributed by atoms with E-state index < -0.39 is 23.0 Å². The van der Waals surface area contributed by atoms with Gasteiger partial charge < -0.3 is 14.6 Å². The summed E-state index contributed by atoms with van der Waals surface area (Å²) in [6, 6.07) is 12.7. The minimum Gasteiger partial charge on any atom is -0.396 e. The van der Waals surface area contributed by atoms with Crippen LogP contribution >= 0.6 is 0 Å². The van der Waals surface area contributed by atoms with Gasteiger partial charge in [-0.3, -0.25) is 9.59 Å². The highest BCUT2D eigenvalue weighted by atomic mass is 16.6. The largest absolute Gasteiger partial charge is 0.396 e. The molecule has 3 saturated heterocycles. The molecule has 2 amide bonds. The Morgan fingerprint density at radius 1 is 1.20 bits per heavy atom. The number of hydrogen-bond donors (Lipinski definition) is 1. The summed E-state index contributed by atoms with van der Waals surface area (Å²) in [7, 11) is 1.58. The average Bonchev–Trinajstić information content (AvgIpc) is 3.29. The Morgan fingerprint density at radius 3 is 2.57 bits per heavy atom. The quantitative estimate of drug-likeness (QED) is 0.781. The fourth-order valence-electron chi connectivity index (χ4n) is 5.92. The molecule has 3 heterocycles. The molecule has 7 heteroatoms. The highest BCUT2D eigenvalue weighted by Gasteiger charge is 2.77. The lowest BCUT2D eigenvalue weighted by Crippen LogP contribution is -2.50. The predicted octanol–water partition coefficient (Wildman–Crippen LogP) is 2.15. The minimum absolute atomic E-state index is 0.142. The zero-order valence-electron chi connectivity index (χ0n) is 16.8. The molecule has 0 aromatic heterocycles. The van der Waals surface area contributed by atoms with Crippen molar-refractivity contribution in [3.63, 3.8) is 0 Å². The van der Waals surface area contributed by atoms with Gasteiger partial charge in [0.1, 0.15) is 5.60 Å². The first-order valence-corrected chi connectivity index (χ1v) is 10.1. The molecule has 3 aliphatic rings. The average molecular weight is 406 g/mol. The van der Waals surface area contributed by atoms with Crippen LogP contribution in [-0.4, -0.2) is 47.9 Å². The summed E-state index contributed by atoms with van der Waals surface area (Å²) in [5.74, 6) is -1.97. The summed E-state index contributed by atoms with van der Waals surface area (Å²) in [5, 5.41) is 20.5. The van der Waals surface area contributed by atoms with E-state index in [-0.39, 0.29) is 30.9 Å². The molecule has 2 aromatic rings. The Kier molecular flexibility index (Phi) is 4.06. The zero-order chi connectivity index (χ0) is 21.3. The van der Waals surface area contributed by atoms with Gasteiger partial charge in [0, 0.05) is 37.3 Å². The third-order valence-electron chi connectivity index (χ3n) is 7.17. The number of nitriles is 1. The lowest BCUT2D eigenvalue weighted by molar-refractivity contribution is -0.135. The highest BCUT2D eigenvalue weighted by Crippen LogP contribution is 2.63. The summed E-state index contributed by atoms with van der Waals surface area (Å²) in [5.41, 5.74) is -0.887. The van der Waals surface area contributed by atoms with Crippen molar-refractivity contribution in [3.05, 3.63) is 42.0 Å².